The number of oxazole rings is 2. The highest BCUT2D eigenvalue weighted by Gasteiger charge is 2.22. The van der Waals surface area contributed by atoms with Gasteiger partial charge in [0.2, 0.25) is 11.8 Å². The Kier molecular flexibility index (Phi) is 10.6. The Labute approximate surface area is 405 Å². The number of fused-ring (bicyclic) bond motifs is 3. The Bertz CT molecular complexity index is 3560. The highest BCUT2D eigenvalue weighted by molar-refractivity contribution is 5.90. The van der Waals surface area contributed by atoms with Crippen LogP contribution in [-0.2, 0) is 0 Å². The van der Waals surface area contributed by atoms with Crippen molar-refractivity contribution in [2.75, 3.05) is 9.80 Å². The zero-order valence-corrected chi connectivity index (χ0v) is 39.1. The molecule has 0 N–H and O–H groups in total. The Morgan fingerprint density at radius 2 is 0.657 bits per heavy atom. The number of para-hydroxylation sites is 8. The van der Waals surface area contributed by atoms with Crippen LogP contribution in [0.1, 0.15) is 22.3 Å². The van der Waals surface area contributed by atoms with Crippen molar-refractivity contribution in [2.45, 2.75) is 27.7 Å². The molecule has 0 amide bonds. The van der Waals surface area contributed by atoms with Crippen molar-refractivity contribution >= 4 is 67.4 Å². The topological polar surface area (TPSA) is 84.3 Å². The van der Waals surface area contributed by atoms with Crippen LogP contribution in [0, 0.1) is 27.7 Å². The highest BCUT2D eigenvalue weighted by atomic mass is 16.4. The van der Waals surface area contributed by atoms with Crippen molar-refractivity contribution in [3.8, 4) is 45.4 Å². The van der Waals surface area contributed by atoms with E-state index in [2.05, 4.69) is 159 Å². The molecule has 0 aliphatic heterocycles. The fraction of sp³-hybridized carbons (Fsp3) is 0.0645. The summed E-state index contributed by atoms with van der Waals surface area (Å²) in [5.74, 6) is 1.24. The van der Waals surface area contributed by atoms with Gasteiger partial charge < -0.3 is 18.6 Å². The summed E-state index contributed by atoms with van der Waals surface area (Å²) in [4.78, 5) is 24.9. The number of hydrogen-bond donors (Lipinski definition) is 0. The van der Waals surface area contributed by atoms with Gasteiger partial charge >= 0.3 is 0 Å². The first-order chi connectivity index (χ1) is 34.3. The van der Waals surface area contributed by atoms with E-state index in [4.69, 9.17) is 28.8 Å². The molecule has 0 spiro atoms. The summed E-state index contributed by atoms with van der Waals surface area (Å²) in [6, 6.07) is 71.0. The number of benzene rings is 9. The lowest BCUT2D eigenvalue weighted by Crippen LogP contribution is -2.12. The number of aromatic nitrogens is 4. The zero-order chi connectivity index (χ0) is 47.3. The molecule has 3 heterocycles. The van der Waals surface area contributed by atoms with Crippen LogP contribution in [0.2, 0.25) is 0 Å². The predicted molar refractivity (Wildman–Crippen MR) is 285 cm³/mol. The second-order valence-electron chi connectivity index (χ2n) is 17.7. The van der Waals surface area contributed by atoms with E-state index >= 15 is 0 Å². The van der Waals surface area contributed by atoms with Gasteiger partial charge in [-0.1, -0.05) is 97.1 Å². The average molecular weight is 907 g/mol. The maximum atomic E-state index is 6.23. The molecular weight excluding hydrogens is 861 g/mol. The number of nitrogens with zero attached hydrogens (tertiary/aromatic N) is 6. The van der Waals surface area contributed by atoms with E-state index in [1.807, 2.05) is 84.9 Å². The number of rotatable bonds is 10. The molecule has 3 aromatic heterocycles. The van der Waals surface area contributed by atoms with Crippen molar-refractivity contribution < 1.29 is 8.83 Å². The fourth-order valence-electron chi connectivity index (χ4n) is 9.47. The maximum Gasteiger partial charge on any atom is 0.227 e. The van der Waals surface area contributed by atoms with Gasteiger partial charge in [0, 0.05) is 56.4 Å². The summed E-state index contributed by atoms with van der Waals surface area (Å²) < 4.78 is 12.5. The van der Waals surface area contributed by atoms with Crippen molar-refractivity contribution in [2.24, 2.45) is 0 Å². The molecule has 0 saturated carbocycles. The molecule has 0 saturated heterocycles. The second kappa shape index (κ2) is 17.5. The van der Waals surface area contributed by atoms with E-state index in [1.54, 1.807) is 0 Å². The van der Waals surface area contributed by atoms with E-state index < -0.39 is 0 Å². The van der Waals surface area contributed by atoms with E-state index in [0.29, 0.717) is 11.8 Å². The first kappa shape index (κ1) is 42.2. The zero-order valence-electron chi connectivity index (χ0n) is 39.1. The third kappa shape index (κ3) is 7.71. The van der Waals surface area contributed by atoms with Gasteiger partial charge in [0.05, 0.1) is 22.4 Å². The summed E-state index contributed by atoms with van der Waals surface area (Å²) >= 11 is 0. The smallest absolute Gasteiger partial charge is 0.227 e. The molecule has 8 nitrogen and oxygen atoms in total. The largest absolute Gasteiger partial charge is 0.436 e. The minimum Gasteiger partial charge on any atom is -0.436 e. The number of aryl methyl sites for hydroxylation is 4. The standard InChI is InChI=1S/C62H46N6O2/c1-39-37-55(41(3)35-49(39)61-65-53-23-13-15-25-57(53)69-61)67(45-17-7-5-8-18-45)47-31-27-43(28-32-47)59-60(64-52-22-12-11-21-51(52)63-59)44-29-33-48(34-30-44)68(46-19-9-6-10-20-46)56-38-40(2)50(36-42(56)4)62-66-54-24-14-16-26-58(54)70-62/h5-38H,1-4H3. The van der Waals surface area contributed by atoms with E-state index in [9.17, 15) is 0 Å². The van der Waals surface area contributed by atoms with Crippen LogP contribution in [-0.4, -0.2) is 19.9 Å². The summed E-state index contributed by atoms with van der Waals surface area (Å²) in [5.41, 5.74) is 21.0. The van der Waals surface area contributed by atoms with Gasteiger partial charge in [0.15, 0.2) is 11.2 Å². The lowest BCUT2D eigenvalue weighted by Gasteiger charge is -2.28. The van der Waals surface area contributed by atoms with Gasteiger partial charge in [0.1, 0.15) is 11.0 Å². The SMILES string of the molecule is Cc1cc(N(c2ccccc2)c2ccc(-c3nc4ccccc4nc3-c3ccc(N(c4ccccc4)c4cc(C)c(-c5nc6ccccc6o5)cc4C)cc3)cc2)c(C)cc1-c1nc2ccccc2o1. The summed E-state index contributed by atoms with van der Waals surface area (Å²) in [6.07, 6.45) is 0. The maximum absolute atomic E-state index is 6.23. The minimum atomic E-state index is 0.618. The van der Waals surface area contributed by atoms with Crippen molar-refractivity contribution in [3.63, 3.8) is 0 Å². The molecule has 0 fully saturated rings. The van der Waals surface area contributed by atoms with Crippen LogP contribution in [0.15, 0.2) is 215 Å². The molecule has 8 heteroatoms. The van der Waals surface area contributed by atoms with Crippen molar-refractivity contribution in [1.82, 2.24) is 19.9 Å². The van der Waals surface area contributed by atoms with Gasteiger partial charge in [-0.2, -0.15) is 0 Å². The minimum absolute atomic E-state index is 0.618. The molecule has 0 atom stereocenters. The Morgan fingerprint density at radius 3 is 1.04 bits per heavy atom. The summed E-state index contributed by atoms with van der Waals surface area (Å²) in [7, 11) is 0. The Morgan fingerprint density at radius 1 is 0.314 bits per heavy atom. The van der Waals surface area contributed by atoms with Gasteiger partial charge in [-0.3, -0.25) is 0 Å². The lowest BCUT2D eigenvalue weighted by atomic mass is 10.00. The van der Waals surface area contributed by atoms with Gasteiger partial charge in [0.25, 0.3) is 0 Å². The van der Waals surface area contributed by atoms with Crippen molar-refractivity contribution in [3.05, 3.63) is 229 Å². The second-order valence-corrected chi connectivity index (χ2v) is 17.7. The quantitative estimate of drug-likeness (QED) is 0.134. The molecule has 12 aromatic rings. The van der Waals surface area contributed by atoms with E-state index in [0.717, 1.165) is 123 Å². The molecule has 70 heavy (non-hydrogen) atoms. The summed E-state index contributed by atoms with van der Waals surface area (Å²) in [6.45, 7) is 8.52. The van der Waals surface area contributed by atoms with Gasteiger partial charge in [-0.05, 0) is 159 Å². The van der Waals surface area contributed by atoms with Crippen molar-refractivity contribution in [1.29, 1.82) is 0 Å². The monoisotopic (exact) mass is 906 g/mol. The van der Waals surface area contributed by atoms with Gasteiger partial charge in [-0.15, -0.1) is 0 Å². The first-order valence-electron chi connectivity index (χ1n) is 23.5. The van der Waals surface area contributed by atoms with Crippen LogP contribution >= 0.6 is 0 Å². The molecule has 0 radical (unpaired) electrons. The molecule has 0 aliphatic rings. The molecule has 336 valence electrons. The van der Waals surface area contributed by atoms with E-state index in [1.165, 1.54) is 0 Å². The molecule has 0 bridgehead atoms. The van der Waals surface area contributed by atoms with Crippen LogP contribution in [0.4, 0.5) is 34.1 Å². The third-order valence-corrected chi connectivity index (χ3v) is 13.0. The van der Waals surface area contributed by atoms with Crippen LogP contribution in [0.3, 0.4) is 0 Å². The van der Waals surface area contributed by atoms with Gasteiger partial charge in [-0.25, -0.2) is 19.9 Å². The first-order valence-corrected chi connectivity index (χ1v) is 23.5. The Hall–Kier alpha value is -9.14. The fourth-order valence-corrected chi connectivity index (χ4v) is 9.47. The third-order valence-electron chi connectivity index (χ3n) is 13.0. The molecule has 0 unspecified atom stereocenters. The number of hydrogen-bond acceptors (Lipinski definition) is 8. The highest BCUT2D eigenvalue weighted by Crippen LogP contribution is 2.43. The summed E-state index contributed by atoms with van der Waals surface area (Å²) in [5, 5.41) is 0. The Balaban J connectivity index is 0.912. The van der Waals surface area contributed by atoms with Crippen LogP contribution in [0.25, 0.3) is 78.7 Å². The van der Waals surface area contributed by atoms with E-state index in [-0.39, 0.29) is 0 Å². The molecule has 12 rings (SSSR count). The molecule has 0 aliphatic carbocycles. The van der Waals surface area contributed by atoms with Crippen LogP contribution in [0.5, 0.6) is 0 Å². The van der Waals surface area contributed by atoms with Crippen LogP contribution < -0.4 is 9.80 Å². The normalized spacial score (nSPS) is 11.4. The average Bonchev–Trinajstić information content (AvgIpc) is 4.04. The predicted octanol–water partition coefficient (Wildman–Crippen LogP) is 16.8. The molecule has 9 aromatic carbocycles. The molecular formula is C62H46N6O2. The lowest BCUT2D eigenvalue weighted by molar-refractivity contribution is 0.619. The number of anilines is 6.